The van der Waals surface area contributed by atoms with Crippen LogP contribution in [0.5, 0.6) is 0 Å². The van der Waals surface area contributed by atoms with Crippen LogP contribution in [-0.4, -0.2) is 13.1 Å². The number of hydrogen-bond donors (Lipinski definition) is 0. The number of aryl methyl sites for hydroxylation is 1. The lowest BCUT2D eigenvalue weighted by Gasteiger charge is -2.03. The summed E-state index contributed by atoms with van der Waals surface area (Å²) in [5, 5.41) is 8.29. The number of rotatable bonds is 1. The second-order valence-corrected chi connectivity index (χ2v) is 2.88. The highest BCUT2D eigenvalue weighted by molar-refractivity contribution is 5.91. The Morgan fingerprint density at radius 1 is 1.47 bits per heavy atom. The summed E-state index contributed by atoms with van der Waals surface area (Å²) in [6.07, 6.45) is 0. The minimum absolute atomic E-state index is 0.395. The molecule has 0 spiro atoms. The summed E-state index contributed by atoms with van der Waals surface area (Å²) < 4.78 is 4.62. The molecule has 0 unspecified atom stereocenters. The molecule has 0 aliphatic heterocycles. The molecule has 3 nitrogen and oxygen atoms in total. The summed E-state index contributed by atoms with van der Waals surface area (Å²) in [4.78, 5) is 11.3. The highest BCUT2D eigenvalue weighted by Gasteiger charge is 2.08. The van der Waals surface area contributed by atoms with Crippen molar-refractivity contribution < 1.29 is 9.53 Å². The highest BCUT2D eigenvalue weighted by atomic mass is 16.5. The number of ether oxygens (including phenoxy) is 1. The molecule has 0 atom stereocenters. The molecule has 1 aromatic carbocycles. The Labute approximate surface area is 88.3 Å². The van der Waals surface area contributed by atoms with Gasteiger partial charge in [-0.25, -0.2) is 4.79 Å². The van der Waals surface area contributed by atoms with Crippen molar-refractivity contribution in [2.75, 3.05) is 7.11 Å². The van der Waals surface area contributed by atoms with Gasteiger partial charge in [0.2, 0.25) is 0 Å². The van der Waals surface area contributed by atoms with E-state index in [0.717, 1.165) is 5.56 Å². The second-order valence-electron chi connectivity index (χ2n) is 2.88. The van der Waals surface area contributed by atoms with Gasteiger partial charge in [-0.05, 0) is 24.6 Å². The van der Waals surface area contributed by atoms with Gasteiger partial charge in [-0.1, -0.05) is 12.0 Å². The van der Waals surface area contributed by atoms with Crippen molar-refractivity contribution >= 4 is 5.97 Å². The van der Waals surface area contributed by atoms with Gasteiger partial charge < -0.3 is 4.74 Å². The average Bonchev–Trinajstić information content (AvgIpc) is 2.27. The van der Waals surface area contributed by atoms with Crippen LogP contribution in [0, 0.1) is 30.1 Å². The number of esters is 1. The first-order valence-corrected chi connectivity index (χ1v) is 4.28. The van der Waals surface area contributed by atoms with Gasteiger partial charge in [0, 0.05) is 11.5 Å². The number of methoxy groups -OCH3 is 1. The summed E-state index contributed by atoms with van der Waals surface area (Å²) in [5.74, 6) is 4.50. The van der Waals surface area contributed by atoms with E-state index in [1.165, 1.54) is 7.11 Å². The van der Waals surface area contributed by atoms with Crippen molar-refractivity contribution in [3.05, 3.63) is 34.9 Å². The molecule has 0 amide bonds. The van der Waals surface area contributed by atoms with E-state index in [9.17, 15) is 4.79 Å². The SMILES string of the molecule is COC(=O)c1cc(C#CC#N)ccc1C. The van der Waals surface area contributed by atoms with Gasteiger partial charge in [-0.15, -0.1) is 0 Å². The van der Waals surface area contributed by atoms with E-state index in [1.54, 1.807) is 24.3 Å². The lowest BCUT2D eigenvalue weighted by atomic mass is 10.1. The van der Waals surface area contributed by atoms with Gasteiger partial charge in [-0.2, -0.15) is 5.26 Å². The van der Waals surface area contributed by atoms with Gasteiger partial charge >= 0.3 is 5.97 Å². The maximum atomic E-state index is 11.3. The van der Waals surface area contributed by atoms with Crippen LogP contribution in [0.15, 0.2) is 18.2 Å². The molecule has 0 saturated carbocycles. The van der Waals surface area contributed by atoms with E-state index in [0.29, 0.717) is 11.1 Å². The van der Waals surface area contributed by atoms with Crippen LogP contribution in [-0.2, 0) is 4.74 Å². The van der Waals surface area contributed by atoms with Gasteiger partial charge in [0.25, 0.3) is 0 Å². The van der Waals surface area contributed by atoms with E-state index in [2.05, 4.69) is 16.6 Å². The molecule has 0 heterocycles. The van der Waals surface area contributed by atoms with E-state index in [4.69, 9.17) is 5.26 Å². The highest BCUT2D eigenvalue weighted by Crippen LogP contribution is 2.11. The molecule has 15 heavy (non-hydrogen) atoms. The normalized spacial score (nSPS) is 8.33. The number of nitriles is 1. The number of hydrogen-bond acceptors (Lipinski definition) is 3. The van der Waals surface area contributed by atoms with E-state index in [-0.39, 0.29) is 0 Å². The van der Waals surface area contributed by atoms with Crippen LogP contribution >= 0.6 is 0 Å². The molecule has 0 fully saturated rings. The molecule has 0 aliphatic rings. The molecule has 0 saturated heterocycles. The predicted molar refractivity (Wildman–Crippen MR) is 55.0 cm³/mol. The topological polar surface area (TPSA) is 50.1 Å². The Kier molecular flexibility index (Phi) is 3.49. The molecule has 74 valence electrons. The lowest BCUT2D eigenvalue weighted by molar-refractivity contribution is 0.0600. The van der Waals surface area contributed by atoms with Gasteiger partial charge in [0.1, 0.15) is 0 Å². The first-order valence-electron chi connectivity index (χ1n) is 4.28. The fourth-order valence-corrected chi connectivity index (χ4v) is 1.13. The molecule has 0 aromatic heterocycles. The molecule has 3 heteroatoms. The van der Waals surface area contributed by atoms with Crippen LogP contribution in [0.2, 0.25) is 0 Å². The second kappa shape index (κ2) is 4.83. The zero-order valence-electron chi connectivity index (χ0n) is 8.50. The molecular weight excluding hydrogens is 190 g/mol. The van der Waals surface area contributed by atoms with Crippen LogP contribution in [0.25, 0.3) is 0 Å². The molecule has 0 N–H and O–H groups in total. The summed E-state index contributed by atoms with van der Waals surface area (Å²) in [6, 6.07) is 6.86. The largest absolute Gasteiger partial charge is 0.465 e. The Hall–Kier alpha value is -2.26. The van der Waals surface area contributed by atoms with E-state index in [1.807, 2.05) is 6.92 Å². The van der Waals surface area contributed by atoms with Crippen molar-refractivity contribution in [1.82, 2.24) is 0 Å². The third-order valence-corrected chi connectivity index (χ3v) is 1.91. The van der Waals surface area contributed by atoms with Crippen molar-refractivity contribution in [2.24, 2.45) is 0 Å². The number of carbonyl (C=O) groups excluding carboxylic acids is 1. The van der Waals surface area contributed by atoms with Gasteiger partial charge in [-0.3, -0.25) is 0 Å². The van der Waals surface area contributed by atoms with Crippen molar-refractivity contribution in [2.45, 2.75) is 6.92 Å². The minimum atomic E-state index is -0.395. The third-order valence-electron chi connectivity index (χ3n) is 1.91. The van der Waals surface area contributed by atoms with Crippen LogP contribution in [0.3, 0.4) is 0 Å². The van der Waals surface area contributed by atoms with Gasteiger partial charge in [0.05, 0.1) is 12.7 Å². The maximum absolute atomic E-state index is 11.3. The summed E-state index contributed by atoms with van der Waals surface area (Å²) in [5.41, 5.74) is 1.93. The van der Waals surface area contributed by atoms with Crippen molar-refractivity contribution in [1.29, 1.82) is 5.26 Å². The Balaban J connectivity index is 3.18. The monoisotopic (exact) mass is 199 g/mol. The lowest BCUT2D eigenvalue weighted by Crippen LogP contribution is -2.03. The van der Waals surface area contributed by atoms with Crippen molar-refractivity contribution in [3.63, 3.8) is 0 Å². The standard InChI is InChI=1S/C12H9NO2/c1-9-5-6-10(4-3-7-13)8-11(9)12(14)15-2/h5-6,8H,1-2H3. The zero-order valence-corrected chi connectivity index (χ0v) is 8.50. The average molecular weight is 199 g/mol. The molecule has 1 rings (SSSR count). The van der Waals surface area contributed by atoms with Crippen LogP contribution in [0.1, 0.15) is 21.5 Å². The summed E-state index contributed by atoms with van der Waals surface area (Å²) >= 11 is 0. The summed E-state index contributed by atoms with van der Waals surface area (Å²) in [7, 11) is 1.33. The number of nitrogens with zero attached hydrogens (tertiary/aromatic N) is 1. The molecule has 1 aromatic rings. The first kappa shape index (κ1) is 10.8. The molecule has 0 bridgehead atoms. The molecule has 0 radical (unpaired) electrons. The van der Waals surface area contributed by atoms with Crippen LogP contribution < -0.4 is 0 Å². The quantitative estimate of drug-likeness (QED) is 0.510. The van der Waals surface area contributed by atoms with Crippen molar-refractivity contribution in [3.8, 4) is 17.9 Å². The van der Waals surface area contributed by atoms with Crippen LogP contribution in [0.4, 0.5) is 0 Å². The fraction of sp³-hybridized carbons (Fsp3) is 0.167. The Bertz CT molecular complexity index is 487. The Morgan fingerprint density at radius 2 is 2.20 bits per heavy atom. The van der Waals surface area contributed by atoms with E-state index >= 15 is 0 Å². The smallest absolute Gasteiger partial charge is 0.338 e. The van der Waals surface area contributed by atoms with E-state index < -0.39 is 5.97 Å². The zero-order chi connectivity index (χ0) is 11.3. The number of carbonyl (C=O) groups is 1. The summed E-state index contributed by atoms with van der Waals surface area (Å²) in [6.45, 7) is 1.81. The first-order chi connectivity index (χ1) is 7.19. The Morgan fingerprint density at radius 3 is 2.80 bits per heavy atom. The third kappa shape index (κ3) is 2.59. The maximum Gasteiger partial charge on any atom is 0.338 e. The van der Waals surface area contributed by atoms with Gasteiger partial charge in [0.15, 0.2) is 6.07 Å². The minimum Gasteiger partial charge on any atom is -0.465 e. The number of benzene rings is 1. The fourth-order valence-electron chi connectivity index (χ4n) is 1.13. The predicted octanol–water partition coefficient (Wildman–Crippen LogP) is 1.66. The molecule has 0 aliphatic carbocycles. The molecular formula is C12H9NO2.